The fourth-order valence-corrected chi connectivity index (χ4v) is 4.69. The second-order valence-corrected chi connectivity index (χ2v) is 9.19. The molecule has 0 spiro atoms. The van der Waals surface area contributed by atoms with Gasteiger partial charge in [-0.3, -0.25) is 4.98 Å². The van der Waals surface area contributed by atoms with Gasteiger partial charge in [-0.1, -0.05) is 53.6 Å². The van der Waals surface area contributed by atoms with Crippen LogP contribution in [0, 0.1) is 12.1 Å². The van der Waals surface area contributed by atoms with Gasteiger partial charge in [0.2, 0.25) is 0 Å². The molecule has 0 radical (unpaired) electrons. The van der Waals surface area contributed by atoms with E-state index in [4.69, 9.17) is 0 Å². The van der Waals surface area contributed by atoms with Gasteiger partial charge in [-0.05, 0) is 47.1 Å². The third-order valence-electron chi connectivity index (χ3n) is 4.17. The fraction of sp³-hybridized carbons (Fsp3) is 0.0357. The second-order valence-electron chi connectivity index (χ2n) is 6.41. The Morgan fingerprint density at radius 3 is 1.34 bits per heavy atom. The van der Waals surface area contributed by atoms with Crippen LogP contribution in [0.5, 0.6) is 0 Å². The number of thiophene rings is 3. The summed E-state index contributed by atoms with van der Waals surface area (Å²) in [5.74, 6) is 0. The summed E-state index contributed by atoms with van der Waals surface area (Å²) in [6.45, 7) is 0. The maximum Gasteiger partial charge on any atom is 2.00 e. The van der Waals surface area contributed by atoms with Gasteiger partial charge in [0, 0.05) is 18.6 Å². The molecule has 6 heterocycles. The summed E-state index contributed by atoms with van der Waals surface area (Å²) < 4.78 is 0. The summed E-state index contributed by atoms with van der Waals surface area (Å²) in [5.41, 5.74) is 3.06. The molecule has 0 aliphatic heterocycles. The molecule has 0 fully saturated rings. The van der Waals surface area contributed by atoms with Crippen LogP contribution in [-0.2, 0) is 21.1 Å². The third kappa shape index (κ3) is 9.08. The summed E-state index contributed by atoms with van der Waals surface area (Å²) >= 11 is 5.03. The zero-order chi connectivity index (χ0) is 22.6. The van der Waals surface area contributed by atoms with Crippen molar-refractivity contribution in [2.24, 2.45) is 0 Å². The molecule has 6 rings (SSSR count). The van der Waals surface area contributed by atoms with E-state index < -0.39 is 0 Å². The molecule has 0 unspecified atom stereocenters. The molecule has 0 bridgehead atoms. The summed E-state index contributed by atoms with van der Waals surface area (Å²) in [6, 6.07) is 31.9. The molecule has 0 amide bonds. The molecule has 3 nitrogen and oxygen atoms in total. The van der Waals surface area contributed by atoms with E-state index in [1.807, 2.05) is 89.8 Å². The quantitative estimate of drug-likeness (QED) is 0.174. The van der Waals surface area contributed by atoms with Crippen molar-refractivity contribution in [3.8, 4) is 31.7 Å². The maximum atomic E-state index is 4.23. The van der Waals surface area contributed by atoms with Gasteiger partial charge in [0.1, 0.15) is 0 Å². The van der Waals surface area contributed by atoms with Gasteiger partial charge in [0.05, 0.1) is 10.6 Å². The summed E-state index contributed by atoms with van der Waals surface area (Å²) in [5, 5.41) is 6.07. The van der Waals surface area contributed by atoms with Crippen molar-refractivity contribution in [1.29, 1.82) is 0 Å². The van der Waals surface area contributed by atoms with Crippen LogP contribution in [0.1, 0.15) is 7.43 Å². The Kier molecular flexibility index (Phi) is 13.0. The molecule has 6 aromatic heterocycles. The van der Waals surface area contributed by atoms with Crippen LogP contribution in [0.15, 0.2) is 114 Å². The average Bonchev–Trinajstić information content (AvgIpc) is 3.70. The zero-order valence-electron chi connectivity index (χ0n) is 17.9. The zero-order valence-corrected chi connectivity index (χ0v) is 22.6. The first-order chi connectivity index (χ1) is 16.4. The van der Waals surface area contributed by atoms with Crippen LogP contribution in [-0.4, -0.2) is 15.0 Å². The molecule has 0 saturated carbocycles. The van der Waals surface area contributed by atoms with E-state index in [0.717, 1.165) is 26.8 Å². The van der Waals surface area contributed by atoms with Crippen LogP contribution >= 0.6 is 34.0 Å². The smallest absolute Gasteiger partial charge is 0.319 e. The number of hydrogen-bond donors (Lipinski definition) is 0. The van der Waals surface area contributed by atoms with E-state index in [2.05, 4.69) is 38.5 Å². The van der Waals surface area contributed by atoms with Crippen molar-refractivity contribution in [2.75, 3.05) is 0 Å². The van der Waals surface area contributed by atoms with Crippen molar-refractivity contribution >= 4 is 34.0 Å². The summed E-state index contributed by atoms with van der Waals surface area (Å²) in [4.78, 5) is 16.1. The topological polar surface area (TPSA) is 38.7 Å². The predicted molar refractivity (Wildman–Crippen MR) is 147 cm³/mol. The number of hydrogen-bond acceptors (Lipinski definition) is 6. The van der Waals surface area contributed by atoms with E-state index in [1.54, 1.807) is 46.4 Å². The first-order valence-electron chi connectivity index (χ1n) is 10.1. The van der Waals surface area contributed by atoms with E-state index in [1.165, 1.54) is 4.88 Å². The van der Waals surface area contributed by atoms with E-state index in [-0.39, 0.29) is 28.5 Å². The van der Waals surface area contributed by atoms with Crippen molar-refractivity contribution < 1.29 is 21.1 Å². The van der Waals surface area contributed by atoms with E-state index in [0.29, 0.717) is 0 Å². The Morgan fingerprint density at radius 2 is 1.00 bits per heavy atom. The molecule has 0 aliphatic carbocycles. The Labute approximate surface area is 233 Å². The largest absolute Gasteiger partial charge is 2.00 e. The minimum atomic E-state index is 0. The fourth-order valence-electron chi connectivity index (χ4n) is 2.69. The number of nitrogens with zero attached hydrogens (tertiary/aromatic N) is 3. The van der Waals surface area contributed by atoms with Crippen molar-refractivity contribution in [1.82, 2.24) is 15.0 Å². The molecular weight excluding hydrogens is 670 g/mol. The predicted octanol–water partition coefficient (Wildman–Crippen LogP) is 8.66. The Hall–Kier alpha value is -2.76. The Bertz CT molecular complexity index is 1110. The standard InChI is InChI=1S/C9H7NS.2C9H6NS.CH4.Pt/c3*1-2-6-10-8(4-1)9-5-3-7-11-9;;/h1-7H;2*1-4,6-7H;1H4;/q;2*-1;;+2. The molecule has 178 valence electrons. The molecule has 6 aromatic rings. The monoisotopic (exact) mass is 692 g/mol. The third-order valence-corrected chi connectivity index (χ3v) is 6.73. The van der Waals surface area contributed by atoms with Crippen LogP contribution < -0.4 is 0 Å². The number of aromatic nitrogens is 3. The Morgan fingerprint density at radius 1 is 0.514 bits per heavy atom. The first kappa shape index (κ1) is 28.5. The van der Waals surface area contributed by atoms with Crippen LogP contribution in [0.4, 0.5) is 0 Å². The summed E-state index contributed by atoms with van der Waals surface area (Å²) in [6.07, 6.45) is 5.40. The van der Waals surface area contributed by atoms with Gasteiger partial charge in [-0.2, -0.15) is 24.3 Å². The number of pyridine rings is 3. The SMILES string of the molecule is C.[Pt+2].[c-]1ccsc1-c1ccccn1.[c-]1ccsc1-c1ccccn1.c1ccc(-c2cccs2)nc1. The van der Waals surface area contributed by atoms with Crippen LogP contribution in [0.25, 0.3) is 31.7 Å². The van der Waals surface area contributed by atoms with Gasteiger partial charge in [0.15, 0.2) is 0 Å². The van der Waals surface area contributed by atoms with E-state index >= 15 is 0 Å². The maximum absolute atomic E-state index is 4.23. The summed E-state index contributed by atoms with van der Waals surface area (Å²) in [7, 11) is 0. The first-order valence-corrected chi connectivity index (χ1v) is 12.7. The van der Waals surface area contributed by atoms with Gasteiger partial charge < -0.3 is 9.97 Å². The average molecular weight is 693 g/mol. The molecule has 0 aliphatic rings. The minimum absolute atomic E-state index is 0. The molecule has 0 atom stereocenters. The van der Waals surface area contributed by atoms with Crippen molar-refractivity contribution in [3.05, 3.63) is 126 Å². The van der Waals surface area contributed by atoms with E-state index in [9.17, 15) is 0 Å². The van der Waals surface area contributed by atoms with Gasteiger partial charge >= 0.3 is 21.1 Å². The van der Waals surface area contributed by atoms with Gasteiger partial charge in [0.25, 0.3) is 0 Å². The molecule has 0 saturated heterocycles. The second kappa shape index (κ2) is 16.0. The van der Waals surface area contributed by atoms with Crippen molar-refractivity contribution in [3.63, 3.8) is 0 Å². The molecular formula is C28H23N3PtS3. The van der Waals surface area contributed by atoms with Crippen molar-refractivity contribution in [2.45, 2.75) is 7.43 Å². The normalized spacial score (nSPS) is 9.26. The Balaban J connectivity index is 0.000000180. The van der Waals surface area contributed by atoms with Crippen LogP contribution in [0.3, 0.4) is 0 Å². The molecule has 7 heteroatoms. The number of rotatable bonds is 3. The minimum Gasteiger partial charge on any atom is -0.319 e. The molecule has 0 aromatic carbocycles. The molecule has 35 heavy (non-hydrogen) atoms. The molecule has 0 N–H and O–H groups in total. The van der Waals surface area contributed by atoms with Crippen LogP contribution in [0.2, 0.25) is 0 Å². The van der Waals surface area contributed by atoms with Gasteiger partial charge in [-0.15, -0.1) is 22.1 Å². The van der Waals surface area contributed by atoms with Gasteiger partial charge in [-0.25, -0.2) is 22.7 Å².